The molecular weight excluding hydrogens is 306 g/mol. The number of rotatable bonds is 2. The van der Waals surface area contributed by atoms with E-state index in [9.17, 15) is 9.59 Å². The topological polar surface area (TPSA) is 70.5 Å². The number of aryl methyl sites for hydroxylation is 2. The molecule has 24 heavy (non-hydrogen) atoms. The molecule has 1 aromatic heterocycles. The zero-order chi connectivity index (χ0) is 17.3. The molecule has 2 aliphatic heterocycles. The van der Waals surface area contributed by atoms with E-state index in [-0.39, 0.29) is 11.9 Å². The average Bonchev–Trinajstić information content (AvgIpc) is 3.21. The maximum Gasteiger partial charge on any atom is 0.317 e. The molecule has 0 aliphatic carbocycles. The van der Waals surface area contributed by atoms with Gasteiger partial charge in [0.05, 0.1) is 0 Å². The van der Waals surface area contributed by atoms with E-state index in [4.69, 9.17) is 0 Å². The first-order valence-corrected chi connectivity index (χ1v) is 8.76. The van der Waals surface area contributed by atoms with Crippen molar-refractivity contribution in [2.45, 2.75) is 26.2 Å². The van der Waals surface area contributed by atoms with Gasteiger partial charge in [0.2, 0.25) is 0 Å². The van der Waals surface area contributed by atoms with Gasteiger partial charge >= 0.3 is 6.03 Å². The van der Waals surface area contributed by atoms with Gasteiger partial charge in [-0.15, -0.1) is 0 Å². The summed E-state index contributed by atoms with van der Waals surface area (Å²) in [4.78, 5) is 28.1. The van der Waals surface area contributed by atoms with Crippen molar-refractivity contribution in [2.24, 2.45) is 18.9 Å². The average molecular weight is 333 g/mol. The highest BCUT2D eigenvalue weighted by Crippen LogP contribution is 2.32. The number of nitrogens with one attached hydrogen (secondary N) is 1. The first-order valence-electron chi connectivity index (χ1n) is 8.76. The lowest BCUT2D eigenvalue weighted by Crippen LogP contribution is -2.44. The van der Waals surface area contributed by atoms with Gasteiger partial charge in [-0.25, -0.2) is 4.79 Å². The van der Waals surface area contributed by atoms with Gasteiger partial charge in [-0.2, -0.15) is 5.10 Å². The zero-order valence-corrected chi connectivity index (χ0v) is 14.8. The second-order valence-corrected chi connectivity index (χ2v) is 6.97. The number of aromatic nitrogens is 2. The number of likely N-dealkylation sites (tertiary alicyclic amines) is 2. The van der Waals surface area contributed by atoms with Crippen molar-refractivity contribution in [3.8, 4) is 0 Å². The highest BCUT2D eigenvalue weighted by molar-refractivity contribution is 5.92. The summed E-state index contributed by atoms with van der Waals surface area (Å²) in [7, 11) is 3.54. The smallest absolute Gasteiger partial charge is 0.317 e. The van der Waals surface area contributed by atoms with Gasteiger partial charge in [-0.3, -0.25) is 9.48 Å². The standard InChI is InChI=1S/C17H27N5O2/c1-12-10-15(19-20(12)3)16(23)22-9-6-14(11-22)13-4-7-21(8-5-13)17(24)18-2/h10,13-14H,4-9,11H2,1-3H3,(H,18,24). The Bertz CT molecular complexity index is 599. The third kappa shape index (κ3) is 3.25. The highest BCUT2D eigenvalue weighted by Gasteiger charge is 2.35. The van der Waals surface area contributed by atoms with E-state index in [1.165, 1.54) is 0 Å². The van der Waals surface area contributed by atoms with Crippen molar-refractivity contribution in [3.05, 3.63) is 17.5 Å². The van der Waals surface area contributed by atoms with E-state index in [2.05, 4.69) is 10.4 Å². The molecule has 0 saturated carbocycles. The van der Waals surface area contributed by atoms with Crippen LogP contribution in [0.15, 0.2) is 6.07 Å². The van der Waals surface area contributed by atoms with Crippen LogP contribution in [0.3, 0.4) is 0 Å². The lowest BCUT2D eigenvalue weighted by Gasteiger charge is -2.34. The molecule has 3 rings (SSSR count). The third-order valence-corrected chi connectivity index (χ3v) is 5.55. The van der Waals surface area contributed by atoms with Crippen LogP contribution in [-0.4, -0.2) is 64.7 Å². The van der Waals surface area contributed by atoms with Gasteiger partial charge < -0.3 is 15.1 Å². The second-order valence-electron chi connectivity index (χ2n) is 6.97. The van der Waals surface area contributed by atoms with Crippen LogP contribution < -0.4 is 5.32 Å². The minimum absolute atomic E-state index is 0.0159. The van der Waals surface area contributed by atoms with Gasteiger partial charge in [-0.1, -0.05) is 0 Å². The van der Waals surface area contributed by atoms with Crippen molar-refractivity contribution in [1.29, 1.82) is 0 Å². The van der Waals surface area contributed by atoms with Gasteiger partial charge in [0.1, 0.15) is 0 Å². The molecule has 0 aromatic carbocycles. The number of amides is 3. The van der Waals surface area contributed by atoms with Crippen LogP contribution in [0.25, 0.3) is 0 Å². The number of hydrogen-bond acceptors (Lipinski definition) is 3. The molecule has 7 heteroatoms. The van der Waals surface area contributed by atoms with Gasteiger partial charge in [0.15, 0.2) is 5.69 Å². The van der Waals surface area contributed by atoms with Crippen LogP contribution in [0.1, 0.15) is 35.4 Å². The Balaban J connectivity index is 1.54. The van der Waals surface area contributed by atoms with Crippen LogP contribution in [-0.2, 0) is 7.05 Å². The monoisotopic (exact) mass is 333 g/mol. The number of carbonyl (C=O) groups is 2. The lowest BCUT2D eigenvalue weighted by molar-refractivity contribution is 0.0770. The van der Waals surface area contributed by atoms with Crippen molar-refractivity contribution in [2.75, 3.05) is 33.2 Å². The van der Waals surface area contributed by atoms with Crippen LogP contribution in [0.5, 0.6) is 0 Å². The van der Waals surface area contributed by atoms with E-state index in [1.54, 1.807) is 11.7 Å². The highest BCUT2D eigenvalue weighted by atomic mass is 16.2. The fourth-order valence-corrected chi connectivity index (χ4v) is 3.92. The predicted octanol–water partition coefficient (Wildman–Crippen LogP) is 1.24. The molecule has 7 nitrogen and oxygen atoms in total. The van der Waals surface area contributed by atoms with Crippen LogP contribution >= 0.6 is 0 Å². The molecule has 3 heterocycles. The summed E-state index contributed by atoms with van der Waals surface area (Å²) in [6.45, 7) is 5.22. The quantitative estimate of drug-likeness (QED) is 0.885. The molecular formula is C17H27N5O2. The summed E-state index contributed by atoms with van der Waals surface area (Å²) in [6, 6.07) is 1.87. The van der Waals surface area contributed by atoms with E-state index in [1.807, 2.05) is 29.8 Å². The fraction of sp³-hybridized carbons (Fsp3) is 0.706. The molecule has 1 aromatic rings. The summed E-state index contributed by atoms with van der Waals surface area (Å²) in [6.07, 6.45) is 3.12. The molecule has 3 amide bonds. The van der Waals surface area contributed by atoms with E-state index < -0.39 is 0 Å². The van der Waals surface area contributed by atoms with Gasteiger partial charge in [-0.05, 0) is 44.1 Å². The first-order chi connectivity index (χ1) is 11.5. The molecule has 1 unspecified atom stereocenters. The minimum Gasteiger partial charge on any atom is -0.341 e. The largest absolute Gasteiger partial charge is 0.341 e. The van der Waals surface area contributed by atoms with Crippen molar-refractivity contribution in [1.82, 2.24) is 24.9 Å². The molecule has 132 valence electrons. The summed E-state index contributed by atoms with van der Waals surface area (Å²) >= 11 is 0. The van der Waals surface area contributed by atoms with E-state index >= 15 is 0 Å². The molecule has 1 N–H and O–H groups in total. The maximum atomic E-state index is 12.6. The molecule has 1 atom stereocenters. The van der Waals surface area contributed by atoms with Crippen molar-refractivity contribution in [3.63, 3.8) is 0 Å². The Morgan fingerprint density at radius 1 is 1.12 bits per heavy atom. The zero-order valence-electron chi connectivity index (χ0n) is 14.8. The molecule has 0 radical (unpaired) electrons. The minimum atomic E-state index is 0.0159. The molecule has 2 saturated heterocycles. The number of urea groups is 1. The number of piperidine rings is 1. The Hall–Kier alpha value is -2.05. The van der Waals surface area contributed by atoms with Crippen LogP contribution in [0.4, 0.5) is 4.79 Å². The fourth-order valence-electron chi connectivity index (χ4n) is 3.92. The van der Waals surface area contributed by atoms with Gasteiger partial charge in [0.25, 0.3) is 5.91 Å². The molecule has 2 fully saturated rings. The maximum absolute atomic E-state index is 12.6. The molecule has 2 aliphatic rings. The normalized spacial score (nSPS) is 22.0. The van der Waals surface area contributed by atoms with Crippen LogP contribution in [0.2, 0.25) is 0 Å². The number of carbonyl (C=O) groups excluding carboxylic acids is 2. The second kappa shape index (κ2) is 6.83. The Kier molecular flexibility index (Phi) is 4.78. The molecule has 0 spiro atoms. The summed E-state index contributed by atoms with van der Waals surface area (Å²) in [5.41, 5.74) is 1.54. The Morgan fingerprint density at radius 3 is 2.33 bits per heavy atom. The number of nitrogens with zero attached hydrogens (tertiary/aromatic N) is 4. The van der Waals surface area contributed by atoms with E-state index in [0.29, 0.717) is 17.5 Å². The SMILES string of the molecule is CNC(=O)N1CCC(C2CCN(C(=O)c3cc(C)n(C)n3)C2)CC1. The number of hydrogen-bond donors (Lipinski definition) is 1. The van der Waals surface area contributed by atoms with E-state index in [0.717, 1.165) is 51.1 Å². The summed E-state index contributed by atoms with van der Waals surface area (Å²) in [5, 5.41) is 7.00. The first kappa shape index (κ1) is 16.8. The van der Waals surface area contributed by atoms with Gasteiger partial charge in [0, 0.05) is 46.0 Å². The van der Waals surface area contributed by atoms with Crippen LogP contribution in [0, 0.1) is 18.8 Å². The Morgan fingerprint density at radius 2 is 1.75 bits per heavy atom. The third-order valence-electron chi connectivity index (χ3n) is 5.55. The summed E-state index contributed by atoms with van der Waals surface area (Å²) in [5.74, 6) is 1.20. The van der Waals surface area contributed by atoms with Crippen molar-refractivity contribution < 1.29 is 9.59 Å². The lowest BCUT2D eigenvalue weighted by atomic mass is 9.84. The Labute approximate surface area is 143 Å². The van der Waals surface area contributed by atoms with Crippen molar-refractivity contribution >= 4 is 11.9 Å². The predicted molar refractivity (Wildman–Crippen MR) is 90.7 cm³/mol. The molecule has 0 bridgehead atoms. The summed E-state index contributed by atoms with van der Waals surface area (Å²) < 4.78 is 1.75.